The highest BCUT2D eigenvalue weighted by atomic mass is 16.5. The zero-order valence-electron chi connectivity index (χ0n) is 12.4. The summed E-state index contributed by atoms with van der Waals surface area (Å²) in [7, 11) is 0. The second-order valence-electron chi connectivity index (χ2n) is 5.36. The average Bonchev–Trinajstić information content (AvgIpc) is 2.47. The first-order valence-electron chi connectivity index (χ1n) is 6.94. The van der Waals surface area contributed by atoms with Gasteiger partial charge in [0.25, 0.3) is 5.91 Å². The summed E-state index contributed by atoms with van der Waals surface area (Å²) >= 11 is 0. The number of carboxylic acids is 1. The molecule has 0 radical (unpaired) electrons. The Balaban J connectivity index is 2.11. The van der Waals surface area contributed by atoms with Crippen LogP contribution in [-0.4, -0.2) is 42.1 Å². The number of carbonyl (C=O) groups excluding carboxylic acids is 2. The van der Waals surface area contributed by atoms with E-state index in [1.165, 1.54) is 4.90 Å². The summed E-state index contributed by atoms with van der Waals surface area (Å²) < 4.78 is 5.29. The Hall–Kier alpha value is -2.57. The lowest BCUT2D eigenvalue weighted by atomic mass is 10.0. The van der Waals surface area contributed by atoms with Gasteiger partial charge in [-0.15, -0.1) is 0 Å². The summed E-state index contributed by atoms with van der Waals surface area (Å²) in [6, 6.07) is 5.91. The maximum absolute atomic E-state index is 12.1. The minimum atomic E-state index is -1.10. The molecule has 1 aromatic rings. The predicted octanol–water partition coefficient (Wildman–Crippen LogP) is 0.637. The van der Waals surface area contributed by atoms with Gasteiger partial charge in [-0.2, -0.15) is 0 Å². The molecule has 2 N–H and O–H groups in total. The van der Waals surface area contributed by atoms with Crippen LogP contribution in [0.15, 0.2) is 24.3 Å². The number of fused-ring (bicyclic) bond motifs is 1. The normalized spacial score (nSPS) is 15.0. The molecule has 0 aromatic heterocycles. The number of carbonyl (C=O) groups is 3. The second kappa shape index (κ2) is 6.46. The Morgan fingerprint density at radius 2 is 2.05 bits per heavy atom. The number of amides is 2. The van der Waals surface area contributed by atoms with E-state index in [0.29, 0.717) is 11.4 Å². The van der Waals surface area contributed by atoms with Gasteiger partial charge in [-0.05, 0) is 18.1 Å². The maximum Gasteiger partial charge on any atom is 0.326 e. The lowest BCUT2D eigenvalue weighted by molar-refractivity contribution is -0.142. The summed E-state index contributed by atoms with van der Waals surface area (Å²) in [4.78, 5) is 36.4. The molecule has 0 saturated heterocycles. The number of carboxylic acid groups (broad SMARTS) is 1. The molecule has 7 nitrogen and oxygen atoms in total. The lowest BCUT2D eigenvalue weighted by Gasteiger charge is -2.29. The number of rotatable bonds is 5. The maximum atomic E-state index is 12.1. The Kier molecular flexibility index (Phi) is 4.65. The monoisotopic (exact) mass is 306 g/mol. The molecule has 2 rings (SSSR count). The van der Waals surface area contributed by atoms with Crippen molar-refractivity contribution in [2.75, 3.05) is 18.1 Å². The Morgan fingerprint density at radius 1 is 1.36 bits per heavy atom. The van der Waals surface area contributed by atoms with E-state index in [4.69, 9.17) is 9.84 Å². The highest BCUT2D eigenvalue weighted by Gasteiger charge is 2.29. The van der Waals surface area contributed by atoms with Gasteiger partial charge in [0.1, 0.15) is 18.3 Å². The molecule has 0 aliphatic carbocycles. The van der Waals surface area contributed by atoms with Crippen LogP contribution in [0.5, 0.6) is 5.75 Å². The topological polar surface area (TPSA) is 95.9 Å². The lowest BCUT2D eigenvalue weighted by Crippen LogP contribution is -2.50. The van der Waals surface area contributed by atoms with E-state index in [9.17, 15) is 14.4 Å². The zero-order valence-corrected chi connectivity index (χ0v) is 12.4. The van der Waals surface area contributed by atoms with E-state index < -0.39 is 17.9 Å². The summed E-state index contributed by atoms with van der Waals surface area (Å²) in [6.07, 6.45) is 0. The van der Waals surface area contributed by atoms with Crippen molar-refractivity contribution in [3.8, 4) is 5.75 Å². The minimum absolute atomic E-state index is 0.142. The van der Waals surface area contributed by atoms with Crippen LogP contribution in [0, 0.1) is 5.92 Å². The first-order chi connectivity index (χ1) is 10.4. The van der Waals surface area contributed by atoms with Crippen molar-refractivity contribution >= 4 is 23.5 Å². The predicted molar refractivity (Wildman–Crippen MR) is 78.7 cm³/mol. The number of aliphatic carboxylic acids is 1. The van der Waals surface area contributed by atoms with Crippen molar-refractivity contribution in [2.45, 2.75) is 19.9 Å². The van der Waals surface area contributed by atoms with Crippen LogP contribution in [0.4, 0.5) is 5.69 Å². The number of para-hydroxylation sites is 2. The fourth-order valence-corrected chi connectivity index (χ4v) is 2.20. The van der Waals surface area contributed by atoms with E-state index >= 15 is 0 Å². The van der Waals surface area contributed by atoms with Gasteiger partial charge in [0.2, 0.25) is 5.91 Å². The molecule has 1 aliphatic rings. The van der Waals surface area contributed by atoms with E-state index in [2.05, 4.69) is 5.32 Å². The first kappa shape index (κ1) is 15.8. The van der Waals surface area contributed by atoms with Crippen LogP contribution in [0.3, 0.4) is 0 Å². The van der Waals surface area contributed by atoms with Gasteiger partial charge in [-0.1, -0.05) is 26.0 Å². The first-order valence-corrected chi connectivity index (χ1v) is 6.94. The van der Waals surface area contributed by atoms with Crippen LogP contribution in [0.1, 0.15) is 13.8 Å². The molecule has 1 aliphatic heterocycles. The highest BCUT2D eigenvalue weighted by molar-refractivity contribution is 6.02. The molecule has 0 saturated carbocycles. The van der Waals surface area contributed by atoms with E-state index in [0.717, 1.165) is 0 Å². The molecule has 118 valence electrons. The minimum Gasteiger partial charge on any atom is -0.482 e. The Morgan fingerprint density at radius 3 is 2.68 bits per heavy atom. The van der Waals surface area contributed by atoms with Crippen molar-refractivity contribution in [3.05, 3.63) is 24.3 Å². The summed E-state index contributed by atoms with van der Waals surface area (Å²) in [5.74, 6) is -1.70. The summed E-state index contributed by atoms with van der Waals surface area (Å²) in [5, 5.41) is 11.5. The number of nitrogens with zero attached hydrogens (tertiary/aromatic N) is 1. The third-order valence-corrected chi connectivity index (χ3v) is 3.36. The van der Waals surface area contributed by atoms with E-state index in [1.807, 2.05) is 0 Å². The Labute approximate surface area is 127 Å². The molecule has 7 heteroatoms. The fraction of sp³-hybridized carbons (Fsp3) is 0.400. The third-order valence-electron chi connectivity index (χ3n) is 3.36. The van der Waals surface area contributed by atoms with Crippen LogP contribution >= 0.6 is 0 Å². The number of anilines is 1. The van der Waals surface area contributed by atoms with E-state index in [1.54, 1.807) is 38.1 Å². The molecule has 1 heterocycles. The number of benzene rings is 1. The molecular weight excluding hydrogens is 288 g/mol. The van der Waals surface area contributed by atoms with Gasteiger partial charge >= 0.3 is 5.97 Å². The average molecular weight is 306 g/mol. The van der Waals surface area contributed by atoms with Gasteiger partial charge in [0.05, 0.1) is 5.69 Å². The quantitative estimate of drug-likeness (QED) is 0.832. The highest BCUT2D eigenvalue weighted by Crippen LogP contribution is 2.31. The van der Waals surface area contributed by atoms with Gasteiger partial charge in [0, 0.05) is 0 Å². The summed E-state index contributed by atoms with van der Waals surface area (Å²) in [6.45, 7) is 3.02. The third kappa shape index (κ3) is 3.36. The Bertz CT molecular complexity index is 599. The standard InChI is InChI=1S/C15H18N2O5/c1-9(2)14(15(20)21)16-12(18)7-17-10-5-3-4-6-11(10)22-8-13(17)19/h3-6,9,14H,7-8H2,1-2H3,(H,16,18)(H,20,21)/t14-/m0/s1. The fourth-order valence-electron chi connectivity index (χ4n) is 2.20. The molecule has 1 aromatic carbocycles. The number of nitrogens with one attached hydrogen (secondary N) is 1. The van der Waals surface area contributed by atoms with Crippen LogP contribution < -0.4 is 15.0 Å². The van der Waals surface area contributed by atoms with E-state index in [-0.39, 0.29) is 25.0 Å². The molecule has 22 heavy (non-hydrogen) atoms. The van der Waals surface area contributed by atoms with Gasteiger partial charge in [-0.3, -0.25) is 14.5 Å². The molecular formula is C15H18N2O5. The number of hydrogen-bond donors (Lipinski definition) is 2. The molecule has 0 bridgehead atoms. The summed E-state index contributed by atoms with van der Waals surface area (Å²) in [5.41, 5.74) is 0.505. The molecule has 0 spiro atoms. The second-order valence-corrected chi connectivity index (χ2v) is 5.36. The van der Waals surface area contributed by atoms with Crippen LogP contribution in [0.25, 0.3) is 0 Å². The van der Waals surface area contributed by atoms with Crippen molar-refractivity contribution < 1.29 is 24.2 Å². The molecule has 0 fully saturated rings. The van der Waals surface area contributed by atoms with Gasteiger partial charge < -0.3 is 15.2 Å². The van der Waals surface area contributed by atoms with Crippen molar-refractivity contribution in [1.29, 1.82) is 0 Å². The van der Waals surface area contributed by atoms with Crippen molar-refractivity contribution in [3.63, 3.8) is 0 Å². The van der Waals surface area contributed by atoms with Gasteiger partial charge in [-0.25, -0.2) is 4.79 Å². The zero-order chi connectivity index (χ0) is 16.3. The SMILES string of the molecule is CC(C)[C@H](NC(=O)CN1C(=O)COc2ccccc21)C(=O)O. The largest absolute Gasteiger partial charge is 0.482 e. The van der Waals surface area contributed by atoms with Crippen molar-refractivity contribution in [1.82, 2.24) is 5.32 Å². The molecule has 2 amide bonds. The van der Waals surface area contributed by atoms with Gasteiger partial charge in [0.15, 0.2) is 6.61 Å². The molecule has 1 atom stereocenters. The number of hydrogen-bond acceptors (Lipinski definition) is 4. The van der Waals surface area contributed by atoms with Crippen LogP contribution in [0.2, 0.25) is 0 Å². The number of ether oxygens (including phenoxy) is 1. The molecule has 0 unspecified atom stereocenters. The smallest absolute Gasteiger partial charge is 0.326 e. The van der Waals surface area contributed by atoms with Crippen molar-refractivity contribution in [2.24, 2.45) is 5.92 Å². The van der Waals surface area contributed by atoms with Crippen LogP contribution in [-0.2, 0) is 14.4 Å².